The van der Waals surface area contributed by atoms with E-state index in [9.17, 15) is 4.79 Å². The summed E-state index contributed by atoms with van der Waals surface area (Å²) in [6.45, 7) is 3.94. The second kappa shape index (κ2) is 7.61. The first-order chi connectivity index (χ1) is 10.1. The summed E-state index contributed by atoms with van der Waals surface area (Å²) in [6.07, 6.45) is 2.50. The molecule has 21 heavy (non-hydrogen) atoms. The molecule has 0 aliphatic heterocycles. The molecular formula is C16H19NO2S2. The van der Waals surface area contributed by atoms with E-state index in [-0.39, 0.29) is 0 Å². The molecule has 0 fully saturated rings. The molecular weight excluding hydrogens is 302 g/mol. The van der Waals surface area contributed by atoms with Crippen LogP contribution in [0.2, 0.25) is 0 Å². The highest BCUT2D eigenvalue weighted by atomic mass is 32.2. The number of carboxylic acids is 1. The van der Waals surface area contributed by atoms with Crippen molar-refractivity contribution in [3.8, 4) is 10.6 Å². The van der Waals surface area contributed by atoms with E-state index in [0.29, 0.717) is 10.6 Å². The lowest BCUT2D eigenvalue weighted by Gasteiger charge is -2.02. The van der Waals surface area contributed by atoms with Crippen molar-refractivity contribution < 1.29 is 9.90 Å². The number of hydrogen-bond donors (Lipinski definition) is 1. The van der Waals surface area contributed by atoms with Crippen LogP contribution in [0.1, 0.15) is 40.7 Å². The maximum absolute atomic E-state index is 11.1. The Kier molecular flexibility index (Phi) is 5.82. The zero-order valence-corrected chi connectivity index (χ0v) is 13.9. The fraction of sp³-hybridized carbons (Fsp3) is 0.375. The van der Waals surface area contributed by atoms with Crippen LogP contribution in [0.5, 0.6) is 0 Å². The predicted octanol–water partition coefficient (Wildman–Crippen LogP) is 4.85. The van der Waals surface area contributed by atoms with Gasteiger partial charge in [0.15, 0.2) is 0 Å². The molecule has 1 heterocycles. The molecule has 0 aliphatic rings. The number of thiazole rings is 1. The molecule has 0 aliphatic carbocycles. The molecule has 0 atom stereocenters. The molecule has 0 amide bonds. The normalized spacial score (nSPS) is 10.8. The summed E-state index contributed by atoms with van der Waals surface area (Å²) in [7, 11) is 0. The van der Waals surface area contributed by atoms with Gasteiger partial charge >= 0.3 is 5.97 Å². The Hall–Kier alpha value is -1.33. The molecule has 0 spiro atoms. The maximum Gasteiger partial charge on any atom is 0.347 e. The van der Waals surface area contributed by atoms with Gasteiger partial charge in [-0.25, -0.2) is 9.78 Å². The number of nitrogens with zero attached hydrogens (tertiary/aromatic N) is 1. The summed E-state index contributed by atoms with van der Waals surface area (Å²) in [5.74, 6) is 1.32. The second-order valence-electron chi connectivity index (χ2n) is 4.84. The second-order valence-corrected chi connectivity index (χ2v) is 6.95. The van der Waals surface area contributed by atoms with Crippen LogP contribution in [0.25, 0.3) is 10.6 Å². The maximum atomic E-state index is 11.1. The summed E-state index contributed by atoms with van der Waals surface area (Å²) >= 11 is 3.19. The van der Waals surface area contributed by atoms with Crippen molar-refractivity contribution in [2.45, 2.75) is 32.4 Å². The van der Waals surface area contributed by atoms with E-state index in [1.54, 1.807) is 6.92 Å². The van der Waals surface area contributed by atoms with Crippen LogP contribution in [-0.2, 0) is 5.75 Å². The van der Waals surface area contributed by atoms with Crippen molar-refractivity contribution in [1.29, 1.82) is 0 Å². The van der Waals surface area contributed by atoms with Crippen LogP contribution >= 0.6 is 23.1 Å². The van der Waals surface area contributed by atoms with Gasteiger partial charge in [0, 0.05) is 11.3 Å². The molecule has 2 rings (SSSR count). The number of carboxylic acid groups (broad SMARTS) is 1. The number of aromatic carboxylic acids is 1. The molecule has 0 unspecified atom stereocenters. The number of benzene rings is 1. The molecule has 1 aromatic heterocycles. The fourth-order valence-corrected chi connectivity index (χ4v) is 3.87. The molecule has 0 saturated heterocycles. The van der Waals surface area contributed by atoms with Crippen LogP contribution in [0, 0.1) is 6.92 Å². The average molecular weight is 321 g/mol. The van der Waals surface area contributed by atoms with E-state index in [2.05, 4.69) is 24.0 Å². The standard InChI is InChI=1S/C16H19NO2S2/c1-3-4-9-20-10-12-5-7-13(8-6-12)15-17-11(2)14(21-15)16(18)19/h5-8H,3-4,9-10H2,1-2H3,(H,18,19). The molecule has 5 heteroatoms. The van der Waals surface area contributed by atoms with Gasteiger partial charge < -0.3 is 5.11 Å². The lowest BCUT2D eigenvalue weighted by Crippen LogP contribution is -1.94. The van der Waals surface area contributed by atoms with Gasteiger partial charge in [-0.05, 0) is 24.7 Å². The molecule has 1 N–H and O–H groups in total. The van der Waals surface area contributed by atoms with Crippen molar-refractivity contribution in [3.05, 3.63) is 40.4 Å². The van der Waals surface area contributed by atoms with Crippen molar-refractivity contribution in [2.24, 2.45) is 0 Å². The minimum absolute atomic E-state index is 0.323. The third kappa shape index (κ3) is 4.32. The Bertz CT molecular complexity index is 605. The highest BCUT2D eigenvalue weighted by Gasteiger charge is 2.14. The Morgan fingerprint density at radius 1 is 1.33 bits per heavy atom. The van der Waals surface area contributed by atoms with Crippen LogP contribution in [-0.4, -0.2) is 21.8 Å². The number of hydrogen-bond acceptors (Lipinski definition) is 4. The number of aromatic nitrogens is 1. The molecule has 112 valence electrons. The van der Waals surface area contributed by atoms with Gasteiger partial charge in [-0.3, -0.25) is 0 Å². The topological polar surface area (TPSA) is 50.2 Å². The fourth-order valence-electron chi connectivity index (χ4n) is 1.90. The van der Waals surface area contributed by atoms with Gasteiger partial charge in [-0.2, -0.15) is 11.8 Å². The number of unbranched alkanes of at least 4 members (excludes halogenated alkanes) is 1. The SMILES string of the molecule is CCCCSCc1ccc(-c2nc(C)c(C(=O)O)s2)cc1. The number of rotatable bonds is 7. The molecule has 0 radical (unpaired) electrons. The quantitative estimate of drug-likeness (QED) is 0.741. The molecule has 1 aromatic carbocycles. The predicted molar refractivity (Wildman–Crippen MR) is 90.3 cm³/mol. The van der Waals surface area contributed by atoms with Crippen LogP contribution in [0.3, 0.4) is 0 Å². The van der Waals surface area contributed by atoms with E-state index in [1.165, 1.54) is 35.5 Å². The Morgan fingerprint density at radius 3 is 2.62 bits per heavy atom. The Labute approximate surface area is 133 Å². The molecule has 0 bridgehead atoms. The highest BCUT2D eigenvalue weighted by Crippen LogP contribution is 2.28. The van der Waals surface area contributed by atoms with E-state index < -0.39 is 5.97 Å². The van der Waals surface area contributed by atoms with E-state index in [0.717, 1.165) is 16.3 Å². The van der Waals surface area contributed by atoms with Gasteiger partial charge in [-0.1, -0.05) is 37.6 Å². The highest BCUT2D eigenvalue weighted by molar-refractivity contribution is 7.98. The smallest absolute Gasteiger partial charge is 0.347 e. The molecule has 0 saturated carbocycles. The first-order valence-corrected chi connectivity index (χ1v) is 8.96. The zero-order valence-electron chi connectivity index (χ0n) is 12.3. The lowest BCUT2D eigenvalue weighted by atomic mass is 10.2. The van der Waals surface area contributed by atoms with Gasteiger partial charge in [-0.15, -0.1) is 11.3 Å². The summed E-state index contributed by atoms with van der Waals surface area (Å²) < 4.78 is 0. The van der Waals surface area contributed by atoms with E-state index in [4.69, 9.17) is 5.11 Å². The van der Waals surface area contributed by atoms with Crippen LogP contribution in [0.4, 0.5) is 0 Å². The summed E-state index contributed by atoms with van der Waals surface area (Å²) in [4.78, 5) is 15.7. The zero-order chi connectivity index (χ0) is 15.2. The number of carbonyl (C=O) groups is 1. The minimum atomic E-state index is -0.903. The monoisotopic (exact) mass is 321 g/mol. The third-order valence-corrected chi connectivity index (χ3v) is 5.41. The Morgan fingerprint density at radius 2 is 2.05 bits per heavy atom. The third-order valence-electron chi connectivity index (χ3n) is 3.10. The van der Waals surface area contributed by atoms with Crippen LogP contribution < -0.4 is 0 Å². The van der Waals surface area contributed by atoms with Gasteiger partial charge in [0.05, 0.1) is 5.69 Å². The first kappa shape index (κ1) is 16.0. The van der Waals surface area contributed by atoms with Gasteiger partial charge in [0.1, 0.15) is 9.88 Å². The summed E-state index contributed by atoms with van der Waals surface area (Å²) in [6, 6.07) is 8.26. The minimum Gasteiger partial charge on any atom is -0.477 e. The number of aryl methyl sites for hydroxylation is 1. The lowest BCUT2D eigenvalue weighted by molar-refractivity contribution is 0.0701. The number of thioether (sulfide) groups is 1. The van der Waals surface area contributed by atoms with Crippen molar-refractivity contribution in [3.63, 3.8) is 0 Å². The van der Waals surface area contributed by atoms with Gasteiger partial charge in [0.2, 0.25) is 0 Å². The van der Waals surface area contributed by atoms with Crippen molar-refractivity contribution >= 4 is 29.1 Å². The molecule has 2 aromatic rings. The largest absolute Gasteiger partial charge is 0.477 e. The van der Waals surface area contributed by atoms with Crippen LogP contribution in [0.15, 0.2) is 24.3 Å². The average Bonchev–Trinajstić information content (AvgIpc) is 2.86. The van der Waals surface area contributed by atoms with E-state index in [1.807, 2.05) is 23.9 Å². The van der Waals surface area contributed by atoms with Crippen molar-refractivity contribution in [2.75, 3.05) is 5.75 Å². The van der Waals surface area contributed by atoms with Gasteiger partial charge in [0.25, 0.3) is 0 Å². The molecule has 3 nitrogen and oxygen atoms in total. The summed E-state index contributed by atoms with van der Waals surface area (Å²) in [5, 5.41) is 9.85. The Balaban J connectivity index is 2.05. The first-order valence-electron chi connectivity index (χ1n) is 6.99. The summed E-state index contributed by atoms with van der Waals surface area (Å²) in [5.41, 5.74) is 2.87. The van der Waals surface area contributed by atoms with E-state index >= 15 is 0 Å². The van der Waals surface area contributed by atoms with Crippen molar-refractivity contribution in [1.82, 2.24) is 4.98 Å².